The van der Waals surface area contributed by atoms with E-state index in [2.05, 4.69) is 15.3 Å². The molecule has 0 saturated heterocycles. The number of methoxy groups -OCH3 is 1. The second kappa shape index (κ2) is 6.01. The molecule has 0 aliphatic carbocycles. The number of benzene rings is 1. The summed E-state index contributed by atoms with van der Waals surface area (Å²) in [5.41, 5.74) is 6.55. The fourth-order valence-corrected chi connectivity index (χ4v) is 1.72. The maximum Gasteiger partial charge on any atom is 0.225 e. The highest BCUT2D eigenvalue weighted by Gasteiger charge is 2.11. The maximum atomic E-state index is 9.47. The molecule has 0 aliphatic heterocycles. The number of hydrogen-bond donors (Lipinski definition) is 3. The van der Waals surface area contributed by atoms with Crippen molar-refractivity contribution in [1.82, 2.24) is 9.97 Å². The molecule has 0 saturated carbocycles. The van der Waals surface area contributed by atoms with Crippen molar-refractivity contribution in [3.8, 4) is 5.88 Å². The van der Waals surface area contributed by atoms with Crippen molar-refractivity contribution < 1.29 is 9.84 Å². The van der Waals surface area contributed by atoms with Crippen LogP contribution in [0.3, 0.4) is 0 Å². The molecule has 1 aromatic carbocycles. The summed E-state index contributed by atoms with van der Waals surface area (Å²) in [4.78, 5) is 7.96. The van der Waals surface area contributed by atoms with Crippen molar-refractivity contribution in [3.05, 3.63) is 42.0 Å². The van der Waals surface area contributed by atoms with Crippen LogP contribution in [0.25, 0.3) is 0 Å². The summed E-state index contributed by atoms with van der Waals surface area (Å²) >= 11 is 0. The molecule has 6 heteroatoms. The van der Waals surface area contributed by atoms with Gasteiger partial charge in [-0.05, 0) is 5.56 Å². The molecule has 1 atom stereocenters. The molecule has 6 nitrogen and oxygen atoms in total. The third-order valence-corrected chi connectivity index (χ3v) is 2.64. The standard InChI is InChI=1S/C13H16N4O2/c1-19-12-7-11(16-13(14)17-12)15-10(8-18)9-5-3-2-4-6-9/h2-7,10,18H,8H2,1H3,(H3,14,15,16,17). The summed E-state index contributed by atoms with van der Waals surface area (Å²) in [5, 5.41) is 12.6. The van der Waals surface area contributed by atoms with Gasteiger partial charge in [0.2, 0.25) is 11.8 Å². The predicted octanol–water partition coefficient (Wildman–Crippen LogP) is 1.21. The van der Waals surface area contributed by atoms with Gasteiger partial charge < -0.3 is 20.9 Å². The van der Waals surface area contributed by atoms with E-state index in [0.29, 0.717) is 11.7 Å². The van der Waals surface area contributed by atoms with Crippen molar-refractivity contribution in [1.29, 1.82) is 0 Å². The Morgan fingerprint density at radius 1 is 1.32 bits per heavy atom. The van der Waals surface area contributed by atoms with E-state index in [9.17, 15) is 5.11 Å². The van der Waals surface area contributed by atoms with E-state index in [0.717, 1.165) is 5.56 Å². The van der Waals surface area contributed by atoms with Crippen molar-refractivity contribution in [3.63, 3.8) is 0 Å². The Morgan fingerprint density at radius 3 is 2.68 bits per heavy atom. The van der Waals surface area contributed by atoms with Crippen LogP contribution in [0.1, 0.15) is 11.6 Å². The van der Waals surface area contributed by atoms with E-state index in [4.69, 9.17) is 10.5 Å². The first-order valence-electron chi connectivity index (χ1n) is 5.84. The fraction of sp³-hybridized carbons (Fsp3) is 0.231. The van der Waals surface area contributed by atoms with E-state index >= 15 is 0 Å². The van der Waals surface area contributed by atoms with Gasteiger partial charge in [0.05, 0.1) is 19.8 Å². The molecule has 4 N–H and O–H groups in total. The zero-order chi connectivity index (χ0) is 13.7. The summed E-state index contributed by atoms with van der Waals surface area (Å²) < 4.78 is 5.02. The lowest BCUT2D eigenvalue weighted by molar-refractivity contribution is 0.276. The molecule has 100 valence electrons. The van der Waals surface area contributed by atoms with Crippen LogP contribution >= 0.6 is 0 Å². The first kappa shape index (κ1) is 13.1. The van der Waals surface area contributed by atoms with Crippen LogP contribution in [0.4, 0.5) is 11.8 Å². The highest BCUT2D eigenvalue weighted by molar-refractivity contribution is 5.45. The zero-order valence-electron chi connectivity index (χ0n) is 10.6. The lowest BCUT2D eigenvalue weighted by Gasteiger charge is -2.17. The molecule has 0 spiro atoms. The van der Waals surface area contributed by atoms with Crippen molar-refractivity contribution in [2.45, 2.75) is 6.04 Å². The van der Waals surface area contributed by atoms with Crippen molar-refractivity contribution in [2.75, 3.05) is 24.8 Å². The molecular weight excluding hydrogens is 244 g/mol. The molecule has 1 aromatic heterocycles. The van der Waals surface area contributed by atoms with Crippen molar-refractivity contribution >= 4 is 11.8 Å². The average Bonchev–Trinajstić information content (AvgIpc) is 2.45. The molecule has 0 aliphatic rings. The Labute approximate surface area is 111 Å². The number of hydrogen-bond acceptors (Lipinski definition) is 6. The van der Waals surface area contributed by atoms with E-state index in [1.165, 1.54) is 7.11 Å². The number of nitrogens with one attached hydrogen (secondary N) is 1. The summed E-state index contributed by atoms with van der Waals surface area (Å²) in [6.45, 7) is -0.0593. The molecule has 0 radical (unpaired) electrons. The normalized spacial score (nSPS) is 11.9. The van der Waals surface area contributed by atoms with E-state index < -0.39 is 0 Å². The topological polar surface area (TPSA) is 93.3 Å². The third kappa shape index (κ3) is 3.32. The fourth-order valence-electron chi connectivity index (χ4n) is 1.72. The molecule has 1 unspecified atom stereocenters. The number of nitrogens with zero attached hydrogens (tertiary/aromatic N) is 2. The zero-order valence-corrected chi connectivity index (χ0v) is 10.6. The maximum absolute atomic E-state index is 9.47. The minimum Gasteiger partial charge on any atom is -0.481 e. The van der Waals surface area contributed by atoms with Gasteiger partial charge >= 0.3 is 0 Å². The smallest absolute Gasteiger partial charge is 0.225 e. The van der Waals surface area contributed by atoms with E-state index in [1.807, 2.05) is 30.3 Å². The monoisotopic (exact) mass is 260 g/mol. The molecular formula is C13H16N4O2. The van der Waals surface area contributed by atoms with Crippen LogP contribution in [-0.2, 0) is 0 Å². The number of aliphatic hydroxyl groups is 1. The van der Waals surface area contributed by atoms with Crippen LogP contribution in [0.15, 0.2) is 36.4 Å². The van der Waals surface area contributed by atoms with Gasteiger partial charge in [-0.1, -0.05) is 30.3 Å². The van der Waals surface area contributed by atoms with E-state index in [1.54, 1.807) is 6.07 Å². The SMILES string of the molecule is COc1cc(NC(CO)c2ccccc2)nc(N)n1. The van der Waals surface area contributed by atoms with Crippen LogP contribution in [0.5, 0.6) is 5.88 Å². The number of rotatable bonds is 5. The van der Waals surface area contributed by atoms with Gasteiger partial charge in [-0.3, -0.25) is 0 Å². The number of ether oxygens (including phenoxy) is 1. The second-order valence-electron chi connectivity index (χ2n) is 3.94. The predicted molar refractivity (Wildman–Crippen MR) is 72.9 cm³/mol. The Balaban J connectivity index is 2.21. The van der Waals surface area contributed by atoms with Gasteiger partial charge in [0.15, 0.2) is 0 Å². The summed E-state index contributed by atoms with van der Waals surface area (Å²) in [5.74, 6) is 0.999. The Hall–Kier alpha value is -2.34. The first-order valence-corrected chi connectivity index (χ1v) is 5.84. The summed E-state index contributed by atoms with van der Waals surface area (Å²) in [7, 11) is 1.51. The quantitative estimate of drug-likeness (QED) is 0.748. The Bertz CT molecular complexity index is 533. The molecule has 1 heterocycles. The lowest BCUT2D eigenvalue weighted by atomic mass is 10.1. The van der Waals surface area contributed by atoms with Gasteiger partial charge in [-0.25, -0.2) is 0 Å². The minimum atomic E-state index is -0.264. The first-order chi connectivity index (χ1) is 9.22. The Kier molecular flexibility index (Phi) is 4.15. The Morgan fingerprint density at radius 2 is 2.05 bits per heavy atom. The number of nitrogens with two attached hydrogens (primary N) is 1. The summed E-state index contributed by atoms with van der Waals surface area (Å²) in [6.07, 6.45) is 0. The minimum absolute atomic E-state index is 0.0593. The largest absolute Gasteiger partial charge is 0.481 e. The van der Waals surface area contributed by atoms with Crippen LogP contribution in [0.2, 0.25) is 0 Å². The van der Waals surface area contributed by atoms with Crippen LogP contribution < -0.4 is 15.8 Å². The van der Waals surface area contributed by atoms with Crippen LogP contribution in [-0.4, -0.2) is 28.8 Å². The molecule has 2 rings (SSSR count). The highest BCUT2D eigenvalue weighted by Crippen LogP contribution is 2.20. The highest BCUT2D eigenvalue weighted by atomic mass is 16.5. The second-order valence-corrected chi connectivity index (χ2v) is 3.94. The summed E-state index contributed by atoms with van der Waals surface area (Å²) in [6, 6.07) is 11.0. The third-order valence-electron chi connectivity index (χ3n) is 2.64. The molecule has 2 aromatic rings. The van der Waals surface area contributed by atoms with Gasteiger partial charge in [-0.2, -0.15) is 9.97 Å². The molecule has 19 heavy (non-hydrogen) atoms. The van der Waals surface area contributed by atoms with Crippen molar-refractivity contribution in [2.24, 2.45) is 0 Å². The van der Waals surface area contributed by atoms with Crippen LogP contribution in [0, 0.1) is 0 Å². The molecule has 0 bridgehead atoms. The lowest BCUT2D eigenvalue weighted by Crippen LogP contribution is -2.16. The molecule has 0 fully saturated rings. The van der Waals surface area contributed by atoms with Gasteiger partial charge in [0.25, 0.3) is 0 Å². The van der Waals surface area contributed by atoms with E-state index in [-0.39, 0.29) is 18.6 Å². The van der Waals surface area contributed by atoms with Gasteiger partial charge in [-0.15, -0.1) is 0 Å². The molecule has 0 amide bonds. The number of aliphatic hydroxyl groups excluding tert-OH is 1. The number of anilines is 2. The van der Waals surface area contributed by atoms with Gasteiger partial charge in [0.1, 0.15) is 5.82 Å². The number of aromatic nitrogens is 2. The van der Waals surface area contributed by atoms with Gasteiger partial charge in [0, 0.05) is 6.07 Å². The number of nitrogen functional groups attached to an aromatic ring is 1. The average molecular weight is 260 g/mol.